The number of carbonyl (C=O) groups excluding carboxylic acids is 1. The van der Waals surface area contributed by atoms with Crippen LogP contribution in [0.5, 0.6) is 0 Å². The Labute approximate surface area is 88.6 Å². The molecule has 0 aromatic heterocycles. The second-order valence-corrected chi connectivity index (χ2v) is 3.42. The first kappa shape index (κ1) is 9.60. The van der Waals surface area contributed by atoms with Crippen molar-refractivity contribution in [2.45, 2.75) is 12.5 Å². The van der Waals surface area contributed by atoms with E-state index in [1.165, 1.54) is 4.90 Å². The molecule has 1 fully saturated rings. The van der Waals surface area contributed by atoms with Gasteiger partial charge in [-0.3, -0.25) is 0 Å². The number of hydrogen-bond acceptors (Lipinski definition) is 2. The summed E-state index contributed by atoms with van der Waals surface area (Å²) in [6, 6.07) is 12.2. The van der Waals surface area contributed by atoms with Crippen LogP contribution in [0, 0.1) is 12.5 Å². The van der Waals surface area contributed by atoms with Crippen molar-refractivity contribution in [3.8, 4) is 12.5 Å². The van der Waals surface area contributed by atoms with Crippen LogP contribution in [-0.4, -0.2) is 23.6 Å². The molecule has 1 aliphatic rings. The lowest BCUT2D eigenvalue weighted by molar-refractivity contribution is 0.167. The predicted molar refractivity (Wildman–Crippen MR) is 56.0 cm³/mol. The van der Waals surface area contributed by atoms with Crippen LogP contribution in [0.1, 0.15) is 5.56 Å². The van der Waals surface area contributed by atoms with Gasteiger partial charge in [0.25, 0.3) is 0 Å². The molecule has 1 aliphatic heterocycles. The van der Waals surface area contributed by atoms with Gasteiger partial charge in [0, 0.05) is 6.04 Å². The molecule has 1 heterocycles. The molecule has 0 unspecified atom stereocenters. The number of nitrogens with zero attached hydrogens (tertiary/aromatic N) is 1. The summed E-state index contributed by atoms with van der Waals surface area (Å²) in [5.41, 5.74) is 1.15. The van der Waals surface area contributed by atoms with E-state index >= 15 is 0 Å². The number of benzene rings is 1. The number of cyclic esters (lactones) is 1. The fraction of sp³-hybridized carbons (Fsp3) is 0.250. The minimum Gasteiger partial charge on any atom is -0.446 e. The highest BCUT2D eigenvalue weighted by Gasteiger charge is 2.31. The Balaban J connectivity index is 2.08. The van der Waals surface area contributed by atoms with Gasteiger partial charge < -0.3 is 4.74 Å². The van der Waals surface area contributed by atoms with E-state index in [1.807, 2.05) is 30.3 Å². The van der Waals surface area contributed by atoms with Gasteiger partial charge in [0.15, 0.2) is 0 Å². The van der Waals surface area contributed by atoms with E-state index in [0.29, 0.717) is 6.61 Å². The van der Waals surface area contributed by atoms with E-state index in [1.54, 1.807) is 0 Å². The van der Waals surface area contributed by atoms with Gasteiger partial charge in [-0.15, -0.1) is 0 Å². The molecule has 1 aromatic carbocycles. The number of carbonyl (C=O) groups is 1. The molecule has 2 rings (SSSR count). The molecule has 3 nitrogen and oxygen atoms in total. The van der Waals surface area contributed by atoms with Crippen LogP contribution in [0.4, 0.5) is 4.79 Å². The first-order valence-electron chi connectivity index (χ1n) is 4.77. The molecule has 1 atom stereocenters. The molecule has 1 saturated heterocycles. The van der Waals surface area contributed by atoms with Gasteiger partial charge >= 0.3 is 6.09 Å². The minimum atomic E-state index is -0.418. The first-order chi connectivity index (χ1) is 7.31. The molecule has 1 amide bonds. The zero-order valence-corrected chi connectivity index (χ0v) is 8.22. The lowest BCUT2D eigenvalue weighted by Crippen LogP contribution is -2.30. The fourth-order valence-corrected chi connectivity index (χ4v) is 1.66. The molecule has 0 spiro atoms. The Hall–Kier alpha value is -1.95. The summed E-state index contributed by atoms with van der Waals surface area (Å²) in [6.07, 6.45) is 5.56. The second kappa shape index (κ2) is 4.05. The highest BCUT2D eigenvalue weighted by Crippen LogP contribution is 2.15. The maximum absolute atomic E-state index is 11.2. The minimum absolute atomic E-state index is 0.0371. The molecule has 0 bridgehead atoms. The van der Waals surface area contributed by atoms with Crippen molar-refractivity contribution in [1.82, 2.24) is 4.90 Å². The van der Waals surface area contributed by atoms with Gasteiger partial charge in [-0.25, -0.2) is 9.69 Å². The van der Waals surface area contributed by atoms with Crippen LogP contribution >= 0.6 is 0 Å². The lowest BCUT2D eigenvalue weighted by Gasteiger charge is -2.13. The van der Waals surface area contributed by atoms with Gasteiger partial charge in [0.05, 0.1) is 6.04 Å². The number of ether oxygens (including phenoxy) is 1. The summed E-state index contributed by atoms with van der Waals surface area (Å²) in [7, 11) is 0. The monoisotopic (exact) mass is 201 g/mol. The Morgan fingerprint density at radius 1 is 1.47 bits per heavy atom. The quantitative estimate of drug-likeness (QED) is 0.681. The Morgan fingerprint density at radius 3 is 2.87 bits per heavy atom. The molecule has 0 saturated carbocycles. The molecule has 1 aromatic rings. The number of amides is 1. The van der Waals surface area contributed by atoms with E-state index in [9.17, 15) is 4.79 Å². The van der Waals surface area contributed by atoms with Gasteiger partial charge in [-0.2, -0.15) is 0 Å². The van der Waals surface area contributed by atoms with Crippen molar-refractivity contribution in [2.75, 3.05) is 6.61 Å². The van der Waals surface area contributed by atoms with Crippen LogP contribution in [0.2, 0.25) is 0 Å². The molecule has 76 valence electrons. The summed E-state index contributed by atoms with van der Waals surface area (Å²) in [5.74, 6) is 0. The highest BCUT2D eigenvalue weighted by atomic mass is 16.6. The van der Waals surface area contributed by atoms with E-state index < -0.39 is 6.09 Å². The normalized spacial score (nSPS) is 19.8. The molecular weight excluding hydrogens is 190 g/mol. The number of terminal acetylenes is 1. The van der Waals surface area contributed by atoms with Crippen LogP contribution in [0.15, 0.2) is 30.3 Å². The van der Waals surface area contributed by atoms with Crippen LogP contribution < -0.4 is 0 Å². The molecule has 0 aliphatic carbocycles. The third kappa shape index (κ3) is 1.94. The first-order valence-corrected chi connectivity index (χ1v) is 4.77. The maximum Gasteiger partial charge on any atom is 0.422 e. The highest BCUT2D eigenvalue weighted by molar-refractivity contribution is 5.72. The summed E-state index contributed by atoms with van der Waals surface area (Å²) < 4.78 is 4.89. The zero-order chi connectivity index (χ0) is 10.7. The van der Waals surface area contributed by atoms with E-state index in [2.05, 4.69) is 6.04 Å². The number of rotatable bonds is 2. The van der Waals surface area contributed by atoms with Gasteiger partial charge in [0.2, 0.25) is 0 Å². The topological polar surface area (TPSA) is 29.5 Å². The third-order valence-corrected chi connectivity index (χ3v) is 2.41. The molecule has 0 radical (unpaired) electrons. The molecular formula is C12H11NO2. The Bertz CT molecular complexity index is 394. The predicted octanol–water partition coefficient (Wildman–Crippen LogP) is 1.64. The second-order valence-electron chi connectivity index (χ2n) is 3.42. The zero-order valence-electron chi connectivity index (χ0n) is 8.22. The standard InChI is InChI=1S/C12H11NO2/c1-2-13-11(9-15-12(13)14)8-10-6-4-3-5-7-10/h1,3-7,11H,8-9H2/t11-/m0/s1. The van der Waals surface area contributed by atoms with Crippen LogP contribution in [-0.2, 0) is 11.2 Å². The summed E-state index contributed by atoms with van der Waals surface area (Å²) >= 11 is 0. The van der Waals surface area contributed by atoms with Crippen LogP contribution in [0.3, 0.4) is 0 Å². The van der Waals surface area contributed by atoms with Crippen molar-refractivity contribution >= 4 is 6.09 Å². The van der Waals surface area contributed by atoms with E-state index in [-0.39, 0.29) is 6.04 Å². The van der Waals surface area contributed by atoms with Gasteiger partial charge in [-0.05, 0) is 12.0 Å². The SMILES string of the molecule is C#CN1C(=O)OC[C@@H]1Cc1ccccc1. The summed E-state index contributed by atoms with van der Waals surface area (Å²) in [5, 5.41) is 0. The third-order valence-electron chi connectivity index (χ3n) is 2.41. The van der Waals surface area contributed by atoms with Crippen molar-refractivity contribution in [3.05, 3.63) is 35.9 Å². The van der Waals surface area contributed by atoms with E-state index in [4.69, 9.17) is 11.2 Å². The van der Waals surface area contributed by atoms with Crippen LogP contribution in [0.25, 0.3) is 0 Å². The average Bonchev–Trinajstić information content (AvgIpc) is 2.61. The van der Waals surface area contributed by atoms with Crippen molar-refractivity contribution < 1.29 is 9.53 Å². The Morgan fingerprint density at radius 2 is 2.20 bits per heavy atom. The van der Waals surface area contributed by atoms with Gasteiger partial charge in [0.1, 0.15) is 6.61 Å². The average molecular weight is 201 g/mol. The van der Waals surface area contributed by atoms with E-state index in [0.717, 1.165) is 12.0 Å². The molecule has 3 heteroatoms. The van der Waals surface area contributed by atoms with Crippen molar-refractivity contribution in [2.24, 2.45) is 0 Å². The summed E-state index contributed by atoms with van der Waals surface area (Å²) in [4.78, 5) is 12.5. The molecule has 0 N–H and O–H groups in total. The smallest absolute Gasteiger partial charge is 0.422 e. The largest absolute Gasteiger partial charge is 0.446 e. The van der Waals surface area contributed by atoms with Gasteiger partial charge in [-0.1, -0.05) is 36.8 Å². The fourth-order valence-electron chi connectivity index (χ4n) is 1.66. The van der Waals surface area contributed by atoms with Crippen molar-refractivity contribution in [1.29, 1.82) is 0 Å². The lowest BCUT2D eigenvalue weighted by atomic mass is 10.1. The molecule has 15 heavy (non-hydrogen) atoms. The van der Waals surface area contributed by atoms with Crippen molar-refractivity contribution in [3.63, 3.8) is 0 Å². The summed E-state index contributed by atoms with van der Waals surface area (Å²) in [6.45, 7) is 0.373. The number of hydrogen-bond donors (Lipinski definition) is 0. The maximum atomic E-state index is 11.2. The Kier molecular flexibility index (Phi) is 2.59.